The number of hydrogen-bond donors (Lipinski definition) is 1. The van der Waals surface area contributed by atoms with Crippen LogP contribution in [0.25, 0.3) is 0 Å². The van der Waals surface area contributed by atoms with Crippen LogP contribution in [-0.4, -0.2) is 12.6 Å². The minimum atomic E-state index is -3.40. The second kappa shape index (κ2) is 2.71. The van der Waals surface area contributed by atoms with Gasteiger partial charge in [0.15, 0.2) is 0 Å². The Balaban J connectivity index is 2.76. The van der Waals surface area contributed by atoms with E-state index in [4.69, 9.17) is 5.14 Å². The van der Waals surface area contributed by atoms with Crippen LogP contribution in [0.2, 0.25) is 0 Å². The van der Waals surface area contributed by atoms with Crippen LogP contribution >= 0.6 is 15.9 Å². The van der Waals surface area contributed by atoms with Crippen LogP contribution in [0.5, 0.6) is 0 Å². The highest BCUT2D eigenvalue weighted by molar-refractivity contribution is 9.11. The van der Waals surface area contributed by atoms with E-state index in [2.05, 4.69) is 15.9 Å². The van der Waals surface area contributed by atoms with Crippen molar-refractivity contribution in [1.82, 2.24) is 0 Å². The van der Waals surface area contributed by atoms with Crippen molar-refractivity contribution in [3.63, 3.8) is 0 Å². The quantitative estimate of drug-likeness (QED) is 0.739. The van der Waals surface area contributed by atoms with Crippen LogP contribution in [0.15, 0.2) is 0 Å². The smallest absolute Gasteiger partial charge is 0.222 e. The third-order valence-corrected chi connectivity index (χ3v) is 6.15. The topological polar surface area (TPSA) is 60.2 Å². The van der Waals surface area contributed by atoms with Crippen LogP contribution in [-0.2, 0) is 10.0 Å². The van der Waals surface area contributed by atoms with E-state index in [1.165, 1.54) is 0 Å². The Hall–Kier alpha value is 0.390. The summed E-state index contributed by atoms with van der Waals surface area (Å²) in [5.74, 6) is 0. The van der Waals surface area contributed by atoms with E-state index in [1.54, 1.807) is 0 Å². The van der Waals surface area contributed by atoms with Gasteiger partial charge in [-0.3, -0.25) is 0 Å². The molecule has 1 saturated carbocycles. The van der Waals surface area contributed by atoms with Crippen LogP contribution < -0.4 is 5.14 Å². The lowest BCUT2D eigenvalue weighted by Crippen LogP contribution is -2.42. The zero-order valence-electron chi connectivity index (χ0n) is 6.38. The number of hydrogen-bond acceptors (Lipinski definition) is 2. The van der Waals surface area contributed by atoms with Crippen molar-refractivity contribution >= 4 is 26.0 Å². The maximum Gasteiger partial charge on any atom is 0.222 e. The van der Waals surface area contributed by atoms with Gasteiger partial charge in [0.05, 0.1) is 0 Å². The van der Waals surface area contributed by atoms with Crippen LogP contribution in [0.3, 0.4) is 0 Å². The van der Waals surface area contributed by atoms with Gasteiger partial charge in [-0.25, -0.2) is 13.6 Å². The fourth-order valence-corrected chi connectivity index (χ4v) is 2.84. The number of halogens is 1. The van der Waals surface area contributed by atoms with Gasteiger partial charge in [0.1, 0.15) is 4.16 Å². The highest BCUT2D eigenvalue weighted by Crippen LogP contribution is 2.47. The van der Waals surface area contributed by atoms with Gasteiger partial charge >= 0.3 is 0 Å². The molecule has 0 saturated heterocycles. The Kier molecular flexibility index (Phi) is 2.33. The molecule has 0 aliphatic heterocycles. The Morgan fingerprint density at radius 3 is 2.09 bits per heavy atom. The monoisotopic (exact) mass is 241 g/mol. The van der Waals surface area contributed by atoms with Crippen molar-refractivity contribution in [3.8, 4) is 0 Å². The maximum atomic E-state index is 10.9. The molecular weight excluding hydrogens is 230 g/mol. The van der Waals surface area contributed by atoms with Gasteiger partial charge in [-0.05, 0) is 18.3 Å². The summed E-state index contributed by atoms with van der Waals surface area (Å²) in [6.45, 7) is 1.94. The van der Waals surface area contributed by atoms with Crippen molar-refractivity contribution in [2.24, 2.45) is 10.6 Å². The summed E-state index contributed by atoms with van der Waals surface area (Å²) >= 11 is 3.12. The number of rotatable bonds is 2. The summed E-state index contributed by atoms with van der Waals surface area (Å²) in [6, 6.07) is 0. The first-order valence-corrected chi connectivity index (χ1v) is 6.04. The van der Waals surface area contributed by atoms with Gasteiger partial charge in [-0.15, -0.1) is 0 Å². The Morgan fingerprint density at radius 2 is 2.00 bits per heavy atom. The summed E-state index contributed by atoms with van der Waals surface area (Å²) in [4.78, 5) is 0. The predicted octanol–water partition coefficient (Wildman–Crippen LogP) is 1.19. The second-order valence-corrected chi connectivity index (χ2v) is 6.58. The van der Waals surface area contributed by atoms with Gasteiger partial charge in [-0.2, -0.15) is 0 Å². The molecule has 0 aromatic rings. The van der Waals surface area contributed by atoms with Crippen molar-refractivity contribution in [2.45, 2.75) is 30.3 Å². The van der Waals surface area contributed by atoms with Crippen molar-refractivity contribution < 1.29 is 8.42 Å². The van der Waals surface area contributed by atoms with E-state index in [1.807, 2.05) is 6.92 Å². The summed E-state index contributed by atoms with van der Waals surface area (Å²) < 4.78 is 21.2. The van der Waals surface area contributed by atoms with E-state index in [-0.39, 0.29) is 5.41 Å². The molecule has 0 spiro atoms. The van der Waals surface area contributed by atoms with Gasteiger partial charge in [0.2, 0.25) is 10.0 Å². The first kappa shape index (κ1) is 9.48. The molecule has 0 amide bonds. The molecule has 0 heterocycles. The Morgan fingerprint density at radius 1 is 1.55 bits per heavy atom. The fraction of sp³-hybridized carbons (Fsp3) is 1.00. The molecule has 3 nitrogen and oxygen atoms in total. The molecule has 1 fully saturated rings. The molecule has 0 bridgehead atoms. The molecular formula is C6H12BrNO2S. The van der Waals surface area contributed by atoms with Gasteiger partial charge in [-0.1, -0.05) is 29.3 Å². The molecule has 5 heteroatoms. The Labute approximate surface area is 75.5 Å². The lowest BCUT2D eigenvalue weighted by atomic mass is 9.72. The zero-order chi connectivity index (χ0) is 8.70. The molecule has 0 aromatic carbocycles. The molecule has 11 heavy (non-hydrogen) atoms. The molecule has 0 radical (unpaired) electrons. The van der Waals surface area contributed by atoms with Gasteiger partial charge in [0, 0.05) is 0 Å². The third-order valence-electron chi connectivity index (χ3n) is 2.33. The van der Waals surface area contributed by atoms with Crippen LogP contribution in [0.1, 0.15) is 26.2 Å². The number of primary sulfonamides is 1. The van der Waals surface area contributed by atoms with E-state index < -0.39 is 14.2 Å². The largest absolute Gasteiger partial charge is 0.228 e. The molecule has 0 aromatic heterocycles. The first-order chi connectivity index (χ1) is 4.86. The highest BCUT2D eigenvalue weighted by Gasteiger charge is 2.43. The zero-order valence-corrected chi connectivity index (χ0v) is 8.78. The molecule has 66 valence electrons. The number of nitrogens with two attached hydrogens (primary N) is 1. The highest BCUT2D eigenvalue weighted by atomic mass is 79.9. The molecule has 1 aliphatic carbocycles. The lowest BCUT2D eigenvalue weighted by Gasteiger charge is -2.41. The average Bonchev–Trinajstić information content (AvgIpc) is 1.79. The van der Waals surface area contributed by atoms with E-state index in [0.717, 1.165) is 19.3 Å². The summed E-state index contributed by atoms with van der Waals surface area (Å²) in [6.07, 6.45) is 2.99. The SMILES string of the molecule is CC1(C(Br)S(N)(=O)=O)CCC1. The molecule has 1 aliphatic rings. The lowest BCUT2D eigenvalue weighted by molar-refractivity contribution is 0.184. The van der Waals surface area contributed by atoms with Gasteiger partial charge < -0.3 is 0 Å². The minimum Gasteiger partial charge on any atom is -0.228 e. The average molecular weight is 242 g/mol. The second-order valence-electron chi connectivity index (χ2n) is 3.41. The van der Waals surface area contributed by atoms with Gasteiger partial charge in [0.25, 0.3) is 0 Å². The summed E-state index contributed by atoms with van der Waals surface area (Å²) in [5, 5.41) is 5.00. The molecule has 1 atom stereocenters. The summed E-state index contributed by atoms with van der Waals surface area (Å²) in [5.41, 5.74) is -0.131. The normalized spacial score (nSPS) is 25.7. The van der Waals surface area contributed by atoms with E-state index >= 15 is 0 Å². The van der Waals surface area contributed by atoms with Crippen LogP contribution in [0.4, 0.5) is 0 Å². The van der Waals surface area contributed by atoms with Crippen molar-refractivity contribution in [2.75, 3.05) is 0 Å². The third kappa shape index (κ3) is 1.76. The first-order valence-electron chi connectivity index (χ1n) is 3.52. The molecule has 1 rings (SSSR count). The molecule has 2 N–H and O–H groups in total. The minimum absolute atomic E-state index is 0.131. The predicted molar refractivity (Wildman–Crippen MR) is 47.8 cm³/mol. The summed E-state index contributed by atoms with van der Waals surface area (Å²) in [7, 11) is -3.40. The van der Waals surface area contributed by atoms with E-state index in [9.17, 15) is 8.42 Å². The number of sulfonamides is 1. The Bertz CT molecular complexity index is 245. The van der Waals surface area contributed by atoms with E-state index in [0.29, 0.717) is 0 Å². The fourth-order valence-electron chi connectivity index (χ4n) is 1.36. The maximum absolute atomic E-state index is 10.9. The molecule has 1 unspecified atom stereocenters. The van der Waals surface area contributed by atoms with Crippen LogP contribution in [0, 0.1) is 5.41 Å². The standard InChI is InChI=1S/C6H12BrNO2S/c1-6(3-2-4-6)5(7)11(8,9)10/h5H,2-4H2,1H3,(H2,8,9,10). The van der Waals surface area contributed by atoms with Crippen molar-refractivity contribution in [1.29, 1.82) is 0 Å². The number of alkyl halides is 1. The van der Waals surface area contributed by atoms with Crippen molar-refractivity contribution in [3.05, 3.63) is 0 Å².